The molecule has 0 aliphatic rings. The summed E-state index contributed by atoms with van der Waals surface area (Å²) in [4.78, 5) is 20.5. The zero-order valence-corrected chi connectivity index (χ0v) is 14.3. The number of carbonyl (C=O) groups excluding carboxylic acids is 2. The summed E-state index contributed by atoms with van der Waals surface area (Å²) in [5.41, 5.74) is 1.67. The molecule has 0 aliphatic heterocycles. The summed E-state index contributed by atoms with van der Waals surface area (Å²) >= 11 is 3.05. The van der Waals surface area contributed by atoms with Crippen LogP contribution in [0.2, 0.25) is 0 Å². The third-order valence-corrected chi connectivity index (χ3v) is 3.41. The second-order valence-corrected chi connectivity index (χ2v) is 5.85. The van der Waals surface area contributed by atoms with Crippen molar-refractivity contribution in [2.24, 2.45) is 0 Å². The van der Waals surface area contributed by atoms with Gasteiger partial charge in [-0.25, -0.2) is 8.78 Å². The number of hydrogen-bond donors (Lipinski definition) is 0. The van der Waals surface area contributed by atoms with Crippen LogP contribution in [0.25, 0.3) is 0 Å². The van der Waals surface area contributed by atoms with E-state index in [1.807, 2.05) is 0 Å². The van der Waals surface area contributed by atoms with E-state index < -0.39 is 5.82 Å². The maximum absolute atomic E-state index is 12.9. The highest BCUT2D eigenvalue weighted by atomic mass is 79.9. The monoisotopic (exact) mass is 382 g/mol. The number of halogens is 3. The Balaban J connectivity index is 0.000000238. The van der Waals surface area contributed by atoms with Crippen molar-refractivity contribution in [2.75, 3.05) is 0 Å². The molecule has 0 atom stereocenters. The smallest absolute Gasteiger partial charge is 0.150 e. The van der Waals surface area contributed by atoms with Gasteiger partial charge in [0, 0.05) is 15.6 Å². The average molecular weight is 383 g/mol. The van der Waals surface area contributed by atoms with E-state index in [-0.39, 0.29) is 5.82 Å². The second-order valence-electron chi connectivity index (χ2n) is 4.93. The van der Waals surface area contributed by atoms with Gasteiger partial charge in [0.2, 0.25) is 0 Å². The summed E-state index contributed by atoms with van der Waals surface area (Å²) in [6.07, 6.45) is 4.23. The molecule has 23 heavy (non-hydrogen) atoms. The number of hydrogen-bond acceptors (Lipinski definition) is 2. The Bertz CT molecular complexity index is 652. The molecule has 0 unspecified atom stereocenters. The standard InChI is InChI=1S/C11H13FO.C7H4BrFO/c1-2-3-4-9-5-10(8-13)7-11(12)6-9;8-6-1-5(4-10)2-7(9)3-6/h5-8H,2-4H2,1H3;1-4H. The van der Waals surface area contributed by atoms with Gasteiger partial charge in [-0.1, -0.05) is 29.3 Å². The van der Waals surface area contributed by atoms with E-state index in [0.717, 1.165) is 24.8 Å². The molecule has 2 nitrogen and oxygen atoms in total. The fourth-order valence-corrected chi connectivity index (χ4v) is 2.39. The maximum atomic E-state index is 12.9. The number of aldehydes is 2. The minimum atomic E-state index is -0.406. The first-order valence-corrected chi connectivity index (χ1v) is 7.93. The highest BCUT2D eigenvalue weighted by molar-refractivity contribution is 9.10. The average Bonchev–Trinajstić information content (AvgIpc) is 2.52. The first-order valence-electron chi connectivity index (χ1n) is 7.14. The van der Waals surface area contributed by atoms with Crippen molar-refractivity contribution < 1.29 is 18.4 Å². The Kier molecular flexibility index (Phi) is 8.33. The minimum Gasteiger partial charge on any atom is -0.298 e. The third kappa shape index (κ3) is 7.28. The number of unbranched alkanes of at least 4 members (excludes halogenated alkanes) is 1. The van der Waals surface area contributed by atoms with Crippen LogP contribution in [0.4, 0.5) is 8.78 Å². The predicted octanol–water partition coefficient (Wildman–Crippen LogP) is 5.38. The van der Waals surface area contributed by atoms with Crippen LogP contribution in [0.5, 0.6) is 0 Å². The zero-order chi connectivity index (χ0) is 17.2. The van der Waals surface area contributed by atoms with Gasteiger partial charge in [-0.3, -0.25) is 9.59 Å². The molecule has 0 radical (unpaired) electrons. The quantitative estimate of drug-likeness (QED) is 0.650. The predicted molar refractivity (Wildman–Crippen MR) is 89.9 cm³/mol. The van der Waals surface area contributed by atoms with Gasteiger partial charge in [-0.15, -0.1) is 0 Å². The number of aryl methyl sites for hydroxylation is 1. The molecule has 0 bridgehead atoms. The van der Waals surface area contributed by atoms with E-state index in [4.69, 9.17) is 0 Å². The van der Waals surface area contributed by atoms with Gasteiger partial charge in [0.1, 0.15) is 24.2 Å². The molecule has 0 heterocycles. The van der Waals surface area contributed by atoms with E-state index in [2.05, 4.69) is 22.9 Å². The topological polar surface area (TPSA) is 34.1 Å². The third-order valence-electron chi connectivity index (χ3n) is 2.96. The van der Waals surface area contributed by atoms with Crippen LogP contribution in [0.1, 0.15) is 46.0 Å². The summed E-state index contributed by atoms with van der Waals surface area (Å²) in [5, 5.41) is 0. The van der Waals surface area contributed by atoms with Gasteiger partial charge in [-0.2, -0.15) is 0 Å². The van der Waals surface area contributed by atoms with E-state index in [1.54, 1.807) is 12.1 Å². The van der Waals surface area contributed by atoms with E-state index in [9.17, 15) is 18.4 Å². The Morgan fingerprint density at radius 1 is 0.913 bits per heavy atom. The van der Waals surface area contributed by atoms with Crippen molar-refractivity contribution in [1.29, 1.82) is 0 Å². The first kappa shape index (κ1) is 19.2. The molecule has 0 saturated heterocycles. The van der Waals surface area contributed by atoms with Crippen LogP contribution in [-0.2, 0) is 6.42 Å². The van der Waals surface area contributed by atoms with Crippen molar-refractivity contribution in [2.45, 2.75) is 26.2 Å². The Morgan fingerprint density at radius 3 is 2.00 bits per heavy atom. The van der Waals surface area contributed by atoms with Crippen molar-refractivity contribution in [1.82, 2.24) is 0 Å². The number of carbonyl (C=O) groups is 2. The van der Waals surface area contributed by atoms with Crippen LogP contribution < -0.4 is 0 Å². The molecule has 2 aromatic carbocycles. The lowest BCUT2D eigenvalue weighted by molar-refractivity contribution is 0.111. The van der Waals surface area contributed by atoms with Crippen LogP contribution >= 0.6 is 15.9 Å². The SMILES string of the molecule is CCCCc1cc(F)cc(C=O)c1.O=Cc1cc(F)cc(Br)c1. The van der Waals surface area contributed by atoms with Crippen LogP contribution in [0, 0.1) is 11.6 Å². The van der Waals surface area contributed by atoms with E-state index in [1.165, 1.54) is 24.3 Å². The molecule has 2 aromatic rings. The highest BCUT2D eigenvalue weighted by Crippen LogP contribution is 2.13. The number of benzene rings is 2. The summed E-state index contributed by atoms with van der Waals surface area (Å²) in [7, 11) is 0. The summed E-state index contributed by atoms with van der Waals surface area (Å²) in [5.74, 6) is -0.729. The molecule has 2 rings (SSSR count). The molecule has 0 aliphatic carbocycles. The van der Waals surface area contributed by atoms with E-state index in [0.29, 0.717) is 28.2 Å². The Labute approximate surface area is 142 Å². The fourth-order valence-electron chi connectivity index (χ4n) is 1.91. The largest absolute Gasteiger partial charge is 0.298 e. The van der Waals surface area contributed by atoms with Crippen LogP contribution in [-0.4, -0.2) is 12.6 Å². The van der Waals surface area contributed by atoms with Crippen molar-refractivity contribution >= 4 is 28.5 Å². The molecule has 122 valence electrons. The molecule has 0 aromatic heterocycles. The lowest BCUT2D eigenvalue weighted by Gasteiger charge is -2.00. The lowest BCUT2D eigenvalue weighted by atomic mass is 10.1. The van der Waals surface area contributed by atoms with Gasteiger partial charge in [0.15, 0.2) is 0 Å². The molecular formula is C18H17BrF2O2. The van der Waals surface area contributed by atoms with Crippen LogP contribution in [0.15, 0.2) is 40.9 Å². The summed E-state index contributed by atoms with van der Waals surface area (Å²) in [6.45, 7) is 2.08. The van der Waals surface area contributed by atoms with Crippen molar-refractivity contribution in [3.63, 3.8) is 0 Å². The fraction of sp³-hybridized carbons (Fsp3) is 0.222. The normalized spacial score (nSPS) is 9.74. The van der Waals surface area contributed by atoms with Crippen molar-refractivity contribution in [3.8, 4) is 0 Å². The second kappa shape index (κ2) is 10.0. The van der Waals surface area contributed by atoms with Gasteiger partial charge in [0.05, 0.1) is 0 Å². The molecule has 5 heteroatoms. The lowest BCUT2D eigenvalue weighted by Crippen LogP contribution is -1.90. The molecule has 0 saturated carbocycles. The minimum absolute atomic E-state index is 0.323. The van der Waals surface area contributed by atoms with E-state index >= 15 is 0 Å². The molecule has 0 spiro atoms. The molecule has 0 fully saturated rings. The van der Waals surface area contributed by atoms with Crippen LogP contribution in [0.3, 0.4) is 0 Å². The van der Waals surface area contributed by atoms with Gasteiger partial charge in [0.25, 0.3) is 0 Å². The molecule has 0 amide bonds. The summed E-state index contributed by atoms with van der Waals surface area (Å²) < 4.78 is 25.9. The highest BCUT2D eigenvalue weighted by Gasteiger charge is 1.99. The molecular weight excluding hydrogens is 366 g/mol. The number of rotatable bonds is 5. The van der Waals surface area contributed by atoms with Gasteiger partial charge in [-0.05, 0) is 54.8 Å². The van der Waals surface area contributed by atoms with Gasteiger partial charge >= 0.3 is 0 Å². The van der Waals surface area contributed by atoms with Crippen molar-refractivity contribution in [3.05, 3.63) is 69.2 Å². The Morgan fingerprint density at radius 2 is 1.48 bits per heavy atom. The maximum Gasteiger partial charge on any atom is 0.150 e. The zero-order valence-electron chi connectivity index (χ0n) is 12.7. The first-order chi connectivity index (χ1) is 11.0. The summed E-state index contributed by atoms with van der Waals surface area (Å²) in [6, 6.07) is 8.51. The van der Waals surface area contributed by atoms with Gasteiger partial charge < -0.3 is 0 Å². The molecule has 0 N–H and O–H groups in total. The Hall–Kier alpha value is -1.88.